The molecule has 0 radical (unpaired) electrons. The average molecular weight is 309 g/mol. The summed E-state index contributed by atoms with van der Waals surface area (Å²) in [5.41, 5.74) is 0.637. The largest absolute Gasteiger partial charge is 0.347 e. The van der Waals surface area contributed by atoms with Crippen LogP contribution in [0.3, 0.4) is 0 Å². The summed E-state index contributed by atoms with van der Waals surface area (Å²) in [5, 5.41) is 10.5. The van der Waals surface area contributed by atoms with Crippen molar-refractivity contribution in [1.82, 2.24) is 9.80 Å². The Labute approximate surface area is 126 Å². The number of non-ortho nitro benzene ring substituents is 1. The van der Waals surface area contributed by atoms with Crippen LogP contribution in [-0.2, 0) is 9.59 Å². The number of amides is 2. The maximum absolute atomic E-state index is 11.9. The normalized spacial score (nSPS) is 17.9. The van der Waals surface area contributed by atoms with Crippen molar-refractivity contribution in [2.45, 2.75) is 5.37 Å². The van der Waals surface area contributed by atoms with Gasteiger partial charge < -0.3 is 9.80 Å². The van der Waals surface area contributed by atoms with E-state index in [1.54, 1.807) is 26.2 Å². The van der Waals surface area contributed by atoms with Gasteiger partial charge in [-0.05, 0) is 5.56 Å². The number of nitro benzene ring substituents is 1. The molecule has 2 rings (SSSR count). The van der Waals surface area contributed by atoms with Crippen LogP contribution in [0.2, 0.25) is 0 Å². The average Bonchev–Trinajstić information content (AvgIpc) is 2.80. The van der Waals surface area contributed by atoms with E-state index >= 15 is 0 Å². The van der Waals surface area contributed by atoms with Crippen molar-refractivity contribution in [2.24, 2.45) is 0 Å². The number of thioether (sulfide) groups is 1. The Hall–Kier alpha value is -2.09. The highest BCUT2D eigenvalue weighted by atomic mass is 32.2. The number of benzene rings is 1. The van der Waals surface area contributed by atoms with E-state index < -0.39 is 4.92 Å². The molecule has 0 spiro atoms. The van der Waals surface area contributed by atoms with Gasteiger partial charge in [0.2, 0.25) is 11.8 Å². The highest BCUT2D eigenvalue weighted by Gasteiger charge is 2.34. The molecule has 21 heavy (non-hydrogen) atoms. The molecule has 1 saturated heterocycles. The lowest BCUT2D eigenvalue weighted by Crippen LogP contribution is -2.38. The molecule has 0 aromatic heterocycles. The van der Waals surface area contributed by atoms with Gasteiger partial charge in [-0.25, -0.2) is 0 Å². The Morgan fingerprint density at radius 3 is 2.86 bits per heavy atom. The first-order valence-electron chi connectivity index (χ1n) is 6.25. The van der Waals surface area contributed by atoms with Crippen LogP contribution in [0, 0.1) is 10.1 Å². The van der Waals surface area contributed by atoms with Crippen LogP contribution in [0.1, 0.15) is 10.9 Å². The van der Waals surface area contributed by atoms with E-state index in [4.69, 9.17) is 0 Å². The number of nitro groups is 1. The predicted molar refractivity (Wildman–Crippen MR) is 78.7 cm³/mol. The molecule has 1 aromatic carbocycles. The van der Waals surface area contributed by atoms with E-state index in [2.05, 4.69) is 0 Å². The lowest BCUT2D eigenvalue weighted by molar-refractivity contribution is -0.384. The number of carbonyl (C=O) groups is 2. The van der Waals surface area contributed by atoms with E-state index in [0.717, 1.165) is 0 Å². The second-order valence-corrected chi connectivity index (χ2v) is 5.89. The standard InChI is InChI=1S/C13H15N3O4S/c1-14(2)11(17)7-15-12(18)8-21-13(15)9-4-3-5-10(6-9)16(19)20/h3-6,13H,7-8H2,1-2H3. The molecule has 1 fully saturated rings. The van der Waals surface area contributed by atoms with Crippen LogP contribution in [0.4, 0.5) is 5.69 Å². The van der Waals surface area contributed by atoms with Gasteiger partial charge in [0.15, 0.2) is 0 Å². The lowest BCUT2D eigenvalue weighted by atomic mass is 10.2. The summed E-state index contributed by atoms with van der Waals surface area (Å²) in [7, 11) is 3.25. The molecular weight excluding hydrogens is 294 g/mol. The van der Waals surface area contributed by atoms with Gasteiger partial charge in [0.1, 0.15) is 11.9 Å². The third-order valence-corrected chi connectivity index (χ3v) is 4.39. The van der Waals surface area contributed by atoms with Crippen LogP contribution in [0.5, 0.6) is 0 Å². The Bertz CT molecular complexity index is 591. The van der Waals surface area contributed by atoms with Gasteiger partial charge in [0, 0.05) is 26.2 Å². The Morgan fingerprint density at radius 1 is 1.52 bits per heavy atom. The molecule has 112 valence electrons. The zero-order valence-corrected chi connectivity index (χ0v) is 12.5. The van der Waals surface area contributed by atoms with Crippen molar-refractivity contribution in [3.8, 4) is 0 Å². The van der Waals surface area contributed by atoms with Gasteiger partial charge in [-0.1, -0.05) is 12.1 Å². The van der Waals surface area contributed by atoms with E-state index in [1.165, 1.54) is 33.7 Å². The maximum atomic E-state index is 11.9. The zero-order valence-electron chi connectivity index (χ0n) is 11.7. The number of carbonyl (C=O) groups excluding carboxylic acids is 2. The molecule has 1 heterocycles. The molecule has 1 unspecified atom stereocenters. The van der Waals surface area contributed by atoms with E-state index in [-0.39, 0.29) is 35.2 Å². The third kappa shape index (κ3) is 3.33. The first kappa shape index (κ1) is 15.3. The van der Waals surface area contributed by atoms with Gasteiger partial charge in [-0.2, -0.15) is 0 Å². The molecule has 0 bridgehead atoms. The van der Waals surface area contributed by atoms with E-state index in [9.17, 15) is 19.7 Å². The van der Waals surface area contributed by atoms with Crippen LogP contribution >= 0.6 is 11.8 Å². The number of hydrogen-bond acceptors (Lipinski definition) is 5. The van der Waals surface area contributed by atoms with E-state index in [1.807, 2.05) is 0 Å². The van der Waals surface area contributed by atoms with Crippen molar-refractivity contribution >= 4 is 29.3 Å². The third-order valence-electron chi connectivity index (χ3n) is 3.14. The van der Waals surface area contributed by atoms with Crippen molar-refractivity contribution in [3.05, 3.63) is 39.9 Å². The van der Waals surface area contributed by atoms with Gasteiger partial charge in [-0.3, -0.25) is 19.7 Å². The van der Waals surface area contributed by atoms with Gasteiger partial charge in [-0.15, -0.1) is 11.8 Å². The smallest absolute Gasteiger partial charge is 0.269 e. The first-order chi connectivity index (χ1) is 9.90. The molecule has 2 amide bonds. The molecule has 0 aliphatic carbocycles. The quantitative estimate of drug-likeness (QED) is 0.617. The second kappa shape index (κ2) is 6.13. The molecule has 1 aliphatic rings. The molecule has 0 N–H and O–H groups in total. The molecule has 7 nitrogen and oxygen atoms in total. The summed E-state index contributed by atoms with van der Waals surface area (Å²) in [4.78, 5) is 37.0. The topological polar surface area (TPSA) is 83.8 Å². The summed E-state index contributed by atoms with van der Waals surface area (Å²) >= 11 is 1.37. The molecule has 1 aliphatic heterocycles. The van der Waals surface area contributed by atoms with Crippen molar-refractivity contribution in [2.75, 3.05) is 26.4 Å². The summed E-state index contributed by atoms with van der Waals surface area (Å²) < 4.78 is 0. The van der Waals surface area contributed by atoms with Crippen molar-refractivity contribution in [1.29, 1.82) is 0 Å². The fourth-order valence-corrected chi connectivity index (χ4v) is 3.16. The Kier molecular flexibility index (Phi) is 4.46. The minimum atomic E-state index is -0.472. The van der Waals surface area contributed by atoms with Crippen LogP contribution in [0.25, 0.3) is 0 Å². The molecule has 0 saturated carbocycles. The fourth-order valence-electron chi connectivity index (χ4n) is 1.98. The minimum absolute atomic E-state index is 0.0216. The van der Waals surface area contributed by atoms with Gasteiger partial charge >= 0.3 is 0 Å². The summed E-state index contributed by atoms with van der Waals surface area (Å²) in [6, 6.07) is 6.17. The monoisotopic (exact) mass is 309 g/mol. The number of likely N-dealkylation sites (N-methyl/N-ethyl adjacent to an activating group) is 1. The molecule has 1 aromatic rings. The van der Waals surface area contributed by atoms with Crippen molar-refractivity contribution < 1.29 is 14.5 Å². The fraction of sp³-hybridized carbons (Fsp3) is 0.385. The number of nitrogens with zero attached hydrogens (tertiary/aromatic N) is 3. The second-order valence-electron chi connectivity index (χ2n) is 4.83. The molecule has 1 atom stereocenters. The lowest BCUT2D eigenvalue weighted by Gasteiger charge is -2.24. The summed E-state index contributed by atoms with van der Waals surface area (Å²) in [6.45, 7) is -0.0216. The van der Waals surface area contributed by atoms with Crippen molar-refractivity contribution in [3.63, 3.8) is 0 Å². The van der Waals surface area contributed by atoms with E-state index in [0.29, 0.717) is 5.56 Å². The predicted octanol–water partition coefficient (Wildman–Crippen LogP) is 1.26. The SMILES string of the molecule is CN(C)C(=O)CN1C(=O)CSC1c1cccc([N+](=O)[O-])c1. The Balaban J connectivity index is 2.25. The Morgan fingerprint density at radius 2 is 2.24 bits per heavy atom. The minimum Gasteiger partial charge on any atom is -0.347 e. The van der Waals surface area contributed by atoms with Gasteiger partial charge in [0.05, 0.1) is 10.7 Å². The number of rotatable bonds is 4. The highest BCUT2D eigenvalue weighted by Crippen LogP contribution is 2.39. The zero-order chi connectivity index (χ0) is 15.6. The molecular formula is C13H15N3O4S. The summed E-state index contributed by atoms with van der Waals surface area (Å²) in [5.74, 6) is -0.0402. The summed E-state index contributed by atoms with van der Waals surface area (Å²) in [6.07, 6.45) is 0. The highest BCUT2D eigenvalue weighted by molar-refractivity contribution is 8.00. The van der Waals surface area contributed by atoms with Crippen LogP contribution in [0.15, 0.2) is 24.3 Å². The maximum Gasteiger partial charge on any atom is 0.269 e. The number of hydrogen-bond donors (Lipinski definition) is 0. The molecule has 8 heteroatoms. The van der Waals surface area contributed by atoms with Crippen LogP contribution in [-0.4, -0.2) is 52.9 Å². The first-order valence-corrected chi connectivity index (χ1v) is 7.30. The van der Waals surface area contributed by atoms with Gasteiger partial charge in [0.25, 0.3) is 5.69 Å². The van der Waals surface area contributed by atoms with Crippen LogP contribution < -0.4 is 0 Å².